The number of hydrogen-bond donors (Lipinski definition) is 4. The third-order valence-electron chi connectivity index (χ3n) is 6.24. The van der Waals surface area contributed by atoms with E-state index in [2.05, 4.69) is 12.2 Å². The van der Waals surface area contributed by atoms with Crippen molar-refractivity contribution < 1.29 is 24.6 Å². The van der Waals surface area contributed by atoms with Gasteiger partial charge in [-0.15, -0.1) is 0 Å². The first-order valence-corrected chi connectivity index (χ1v) is 12.4. The number of hydrogen-bond acceptors (Lipinski definition) is 5. The van der Waals surface area contributed by atoms with Gasteiger partial charge in [-0.05, 0) is 37.8 Å². The van der Waals surface area contributed by atoms with E-state index in [1.807, 2.05) is 0 Å². The second kappa shape index (κ2) is 14.4. The molecular weight excluding hydrogens is 434 g/mol. The number of phenolic OH excluding ortho intramolecular Hbond substituents is 1. The number of para-hydroxylation sites is 1. The summed E-state index contributed by atoms with van der Waals surface area (Å²) >= 11 is 0. The van der Waals surface area contributed by atoms with E-state index in [-0.39, 0.29) is 23.3 Å². The van der Waals surface area contributed by atoms with Gasteiger partial charge in [0.2, 0.25) is 11.8 Å². The Morgan fingerprint density at radius 3 is 2.35 bits per heavy atom. The Balaban J connectivity index is 1.93. The van der Waals surface area contributed by atoms with Gasteiger partial charge in [-0.25, -0.2) is 0 Å². The van der Waals surface area contributed by atoms with Crippen LogP contribution in [0.15, 0.2) is 36.5 Å². The van der Waals surface area contributed by atoms with Crippen LogP contribution in [0, 0.1) is 0 Å². The van der Waals surface area contributed by atoms with Gasteiger partial charge in [0.15, 0.2) is 0 Å². The molecule has 0 saturated heterocycles. The molecule has 0 aliphatic carbocycles. The Kier molecular flexibility index (Phi) is 11.6. The number of aliphatic hydroxyl groups excluding tert-OH is 1. The van der Waals surface area contributed by atoms with Gasteiger partial charge >= 0.3 is 0 Å². The molecule has 34 heavy (non-hydrogen) atoms. The quantitative estimate of drug-likeness (QED) is 0.290. The fraction of sp³-hybridized carbons (Fsp3) is 0.577. The van der Waals surface area contributed by atoms with Gasteiger partial charge in [-0.1, -0.05) is 70.1 Å². The molecule has 1 heterocycles. The molecule has 1 aromatic rings. The topological polar surface area (TPSA) is 133 Å². The molecule has 0 saturated carbocycles. The molecular formula is C26H39N3O5. The number of carbonyl (C=O) groups is 3. The summed E-state index contributed by atoms with van der Waals surface area (Å²) in [5.41, 5.74) is 5.26. The van der Waals surface area contributed by atoms with Crippen LogP contribution in [-0.4, -0.2) is 51.0 Å². The van der Waals surface area contributed by atoms with Gasteiger partial charge in [0.25, 0.3) is 5.91 Å². The first-order chi connectivity index (χ1) is 16.3. The van der Waals surface area contributed by atoms with Crippen molar-refractivity contribution in [3.8, 4) is 5.75 Å². The molecule has 1 aromatic carbocycles. The molecule has 0 unspecified atom stereocenters. The van der Waals surface area contributed by atoms with Crippen molar-refractivity contribution in [3.63, 3.8) is 0 Å². The predicted molar refractivity (Wildman–Crippen MR) is 131 cm³/mol. The lowest BCUT2D eigenvalue weighted by atomic mass is 9.99. The molecule has 0 bridgehead atoms. The number of unbranched alkanes of at least 4 members (excludes halogenated alkanes) is 5. The highest BCUT2D eigenvalue weighted by atomic mass is 16.3. The van der Waals surface area contributed by atoms with Crippen molar-refractivity contribution in [1.29, 1.82) is 0 Å². The van der Waals surface area contributed by atoms with E-state index < -0.39 is 24.0 Å². The average Bonchev–Trinajstić information content (AvgIpc) is 3.31. The van der Waals surface area contributed by atoms with Crippen LogP contribution >= 0.6 is 0 Å². The molecule has 2 rings (SSSR count). The highest BCUT2D eigenvalue weighted by Gasteiger charge is 2.33. The minimum atomic E-state index is -1.10. The number of aromatic hydroxyl groups is 1. The van der Waals surface area contributed by atoms with Crippen LogP contribution in [0.1, 0.15) is 87.9 Å². The molecule has 0 radical (unpaired) electrons. The summed E-state index contributed by atoms with van der Waals surface area (Å²) in [5.74, 6) is -1.41. The van der Waals surface area contributed by atoms with Crippen LogP contribution in [-0.2, 0) is 9.59 Å². The first kappa shape index (κ1) is 27.4. The maximum Gasteiger partial charge on any atom is 0.262 e. The smallest absolute Gasteiger partial charge is 0.262 e. The summed E-state index contributed by atoms with van der Waals surface area (Å²) in [7, 11) is 0. The van der Waals surface area contributed by atoms with Crippen molar-refractivity contribution >= 4 is 17.7 Å². The van der Waals surface area contributed by atoms with Crippen LogP contribution in [0.2, 0.25) is 0 Å². The molecule has 1 aliphatic heterocycles. The molecule has 8 nitrogen and oxygen atoms in total. The number of rotatable bonds is 15. The number of nitrogens with one attached hydrogen (secondary N) is 1. The summed E-state index contributed by atoms with van der Waals surface area (Å²) in [6, 6.07) is 5.68. The summed E-state index contributed by atoms with van der Waals surface area (Å²) in [6.07, 6.45) is 11.5. The zero-order valence-electron chi connectivity index (χ0n) is 20.1. The van der Waals surface area contributed by atoms with E-state index in [0.29, 0.717) is 19.3 Å². The van der Waals surface area contributed by atoms with E-state index in [1.165, 1.54) is 11.0 Å². The Labute approximate surface area is 202 Å². The van der Waals surface area contributed by atoms with Crippen molar-refractivity contribution in [2.75, 3.05) is 0 Å². The van der Waals surface area contributed by atoms with Crippen molar-refractivity contribution in [2.45, 2.75) is 95.7 Å². The Morgan fingerprint density at radius 2 is 1.71 bits per heavy atom. The maximum atomic E-state index is 13.1. The Morgan fingerprint density at radius 1 is 1.06 bits per heavy atom. The summed E-state index contributed by atoms with van der Waals surface area (Å²) in [4.78, 5) is 38.4. The van der Waals surface area contributed by atoms with E-state index in [1.54, 1.807) is 30.5 Å². The van der Waals surface area contributed by atoms with Gasteiger partial charge < -0.3 is 26.2 Å². The van der Waals surface area contributed by atoms with Crippen LogP contribution < -0.4 is 11.1 Å². The van der Waals surface area contributed by atoms with Gasteiger partial charge in [-0.3, -0.25) is 14.4 Å². The lowest BCUT2D eigenvalue weighted by molar-refractivity contribution is -0.126. The number of nitrogens with zero attached hydrogens (tertiary/aromatic N) is 1. The second-order valence-corrected chi connectivity index (χ2v) is 8.98. The largest absolute Gasteiger partial charge is 0.507 e. The molecule has 0 fully saturated rings. The van der Waals surface area contributed by atoms with Crippen LogP contribution in [0.5, 0.6) is 5.75 Å². The Bertz CT molecular complexity index is 841. The lowest BCUT2D eigenvalue weighted by Crippen LogP contribution is -2.48. The SMILES string of the molecule is CCCCCC[C@H](CCCCC[C@@H](O)C(N)=O)NC(=O)[C@@H]1CC=CN1C(=O)c1ccccc1O. The van der Waals surface area contributed by atoms with E-state index in [9.17, 15) is 24.6 Å². The lowest BCUT2D eigenvalue weighted by Gasteiger charge is -2.26. The number of nitrogens with two attached hydrogens (primary N) is 1. The summed E-state index contributed by atoms with van der Waals surface area (Å²) in [6.45, 7) is 2.16. The standard InChI is InChI=1S/C26H39N3O5/c1-2-3-4-6-12-19(13-7-5-8-17-23(31)24(27)32)28-25(33)21-15-11-18-29(21)26(34)20-14-9-10-16-22(20)30/h9-11,14,16,18-19,21,23,30-31H,2-8,12-13,15,17H2,1H3,(H2,27,32)(H,28,33)/t19-,21+,23-/m1/s1. The second-order valence-electron chi connectivity index (χ2n) is 8.98. The monoisotopic (exact) mass is 473 g/mol. The molecule has 0 aromatic heterocycles. The predicted octanol–water partition coefficient (Wildman–Crippen LogP) is 3.37. The number of carbonyl (C=O) groups excluding carboxylic acids is 3. The van der Waals surface area contributed by atoms with Crippen LogP contribution in [0.3, 0.4) is 0 Å². The van der Waals surface area contributed by atoms with Gasteiger partial charge in [0, 0.05) is 12.2 Å². The number of aliphatic hydroxyl groups is 1. The Hall–Kier alpha value is -2.87. The fourth-order valence-electron chi connectivity index (χ4n) is 4.21. The number of amides is 3. The molecule has 5 N–H and O–H groups in total. The normalized spacial score (nSPS) is 16.9. The highest BCUT2D eigenvalue weighted by Crippen LogP contribution is 2.24. The van der Waals surface area contributed by atoms with Gasteiger partial charge in [-0.2, -0.15) is 0 Å². The number of benzene rings is 1. The van der Waals surface area contributed by atoms with Crippen molar-refractivity contribution in [3.05, 3.63) is 42.1 Å². The van der Waals surface area contributed by atoms with Crippen molar-refractivity contribution in [2.24, 2.45) is 5.73 Å². The van der Waals surface area contributed by atoms with E-state index >= 15 is 0 Å². The van der Waals surface area contributed by atoms with Gasteiger partial charge in [0.05, 0.1) is 5.56 Å². The third-order valence-corrected chi connectivity index (χ3v) is 6.24. The molecule has 0 spiro atoms. The fourth-order valence-corrected chi connectivity index (χ4v) is 4.21. The molecule has 1 aliphatic rings. The average molecular weight is 474 g/mol. The van der Waals surface area contributed by atoms with Gasteiger partial charge in [0.1, 0.15) is 17.9 Å². The summed E-state index contributed by atoms with van der Waals surface area (Å²) in [5, 5.41) is 22.7. The molecule has 3 atom stereocenters. The van der Waals surface area contributed by atoms with Crippen LogP contribution in [0.4, 0.5) is 0 Å². The first-order valence-electron chi connectivity index (χ1n) is 12.4. The zero-order valence-corrected chi connectivity index (χ0v) is 20.1. The number of primary amides is 1. The van der Waals surface area contributed by atoms with E-state index in [4.69, 9.17) is 5.73 Å². The van der Waals surface area contributed by atoms with Crippen LogP contribution in [0.25, 0.3) is 0 Å². The van der Waals surface area contributed by atoms with Crippen molar-refractivity contribution in [1.82, 2.24) is 10.2 Å². The third kappa shape index (κ3) is 8.48. The maximum absolute atomic E-state index is 13.1. The molecule has 8 heteroatoms. The minimum Gasteiger partial charge on any atom is -0.507 e. The molecule has 3 amide bonds. The zero-order chi connectivity index (χ0) is 24.9. The molecule has 188 valence electrons. The minimum absolute atomic E-state index is 0.00639. The van der Waals surface area contributed by atoms with E-state index in [0.717, 1.165) is 51.4 Å². The highest BCUT2D eigenvalue weighted by molar-refractivity contribution is 6.00. The summed E-state index contributed by atoms with van der Waals surface area (Å²) < 4.78 is 0. The number of phenols is 1.